The number of aromatic nitrogens is 3. The number of likely N-dealkylation sites (tertiary alicyclic amines) is 1. The molecule has 5 rings (SSSR count). The summed E-state index contributed by atoms with van der Waals surface area (Å²) in [5, 5.41) is 0.576. The maximum Gasteiger partial charge on any atom is 0.261 e. The van der Waals surface area contributed by atoms with Gasteiger partial charge in [-0.15, -0.1) is 0 Å². The van der Waals surface area contributed by atoms with E-state index in [4.69, 9.17) is 0 Å². The lowest BCUT2D eigenvalue weighted by molar-refractivity contribution is -0.117. The summed E-state index contributed by atoms with van der Waals surface area (Å²) in [6, 6.07) is 8.86. The largest absolute Gasteiger partial charge is 0.334 e. The fourth-order valence-corrected chi connectivity index (χ4v) is 3.94. The van der Waals surface area contributed by atoms with Gasteiger partial charge in [0.2, 0.25) is 5.91 Å². The second-order valence-electron chi connectivity index (χ2n) is 7.42. The van der Waals surface area contributed by atoms with Crippen molar-refractivity contribution in [2.24, 2.45) is 0 Å². The molecule has 0 bridgehead atoms. The van der Waals surface area contributed by atoms with Gasteiger partial charge in [-0.25, -0.2) is 4.98 Å². The molecule has 8 heteroatoms. The van der Waals surface area contributed by atoms with Crippen LogP contribution in [-0.4, -0.2) is 50.9 Å². The number of para-hydroxylation sites is 1. The molecule has 0 radical (unpaired) electrons. The Hall–Kier alpha value is -3.55. The van der Waals surface area contributed by atoms with E-state index in [1.165, 1.54) is 6.20 Å². The minimum atomic E-state index is -0.149. The van der Waals surface area contributed by atoms with Gasteiger partial charge in [0.1, 0.15) is 0 Å². The van der Waals surface area contributed by atoms with Crippen LogP contribution in [0.25, 0.3) is 10.9 Å². The minimum absolute atomic E-state index is 0.0589. The lowest BCUT2D eigenvalue weighted by Gasteiger charge is -2.40. The van der Waals surface area contributed by atoms with Gasteiger partial charge in [0.15, 0.2) is 0 Å². The number of fused-ring (bicyclic) bond motifs is 1. The van der Waals surface area contributed by atoms with E-state index in [9.17, 15) is 14.4 Å². The molecular formula is C21H19N5O3. The molecular weight excluding hydrogens is 370 g/mol. The van der Waals surface area contributed by atoms with Crippen LogP contribution in [0.2, 0.25) is 0 Å². The van der Waals surface area contributed by atoms with Gasteiger partial charge in [0, 0.05) is 32.3 Å². The van der Waals surface area contributed by atoms with Crippen LogP contribution in [-0.2, 0) is 4.79 Å². The van der Waals surface area contributed by atoms with Crippen molar-refractivity contribution >= 4 is 28.4 Å². The lowest BCUT2D eigenvalue weighted by atomic mass is 10.1. The molecule has 29 heavy (non-hydrogen) atoms. The number of amides is 2. The predicted molar refractivity (Wildman–Crippen MR) is 107 cm³/mol. The summed E-state index contributed by atoms with van der Waals surface area (Å²) >= 11 is 0. The number of pyridine rings is 1. The normalized spacial score (nSPS) is 17.0. The van der Waals surface area contributed by atoms with Crippen LogP contribution in [0, 0.1) is 0 Å². The Kier molecular flexibility index (Phi) is 4.12. The third kappa shape index (κ3) is 2.97. The summed E-state index contributed by atoms with van der Waals surface area (Å²) in [7, 11) is 0. The highest BCUT2D eigenvalue weighted by Crippen LogP contribution is 2.25. The fourth-order valence-electron chi connectivity index (χ4n) is 3.94. The standard InChI is InChI=1S/C21H19N5O3/c27-19-6-3-7-25(19)15-8-14(9-22-10-15)20(28)24-11-16(12-24)26-13-23-18-5-2-1-4-17(18)21(26)29/h1-2,4-5,8-10,13,16H,3,6-7,11-12H2. The molecule has 0 atom stereocenters. The van der Waals surface area contributed by atoms with E-state index in [-0.39, 0.29) is 23.4 Å². The van der Waals surface area contributed by atoms with Crippen molar-refractivity contribution in [3.05, 3.63) is 65.0 Å². The van der Waals surface area contributed by atoms with Crippen molar-refractivity contribution in [2.75, 3.05) is 24.5 Å². The monoisotopic (exact) mass is 389 g/mol. The third-order valence-electron chi connectivity index (χ3n) is 5.59. The van der Waals surface area contributed by atoms with Crippen molar-refractivity contribution in [1.82, 2.24) is 19.4 Å². The lowest BCUT2D eigenvalue weighted by Crippen LogP contribution is -2.52. The number of hydrogen-bond donors (Lipinski definition) is 0. The zero-order chi connectivity index (χ0) is 20.0. The first-order valence-corrected chi connectivity index (χ1v) is 9.62. The molecule has 0 saturated carbocycles. The highest BCUT2D eigenvalue weighted by atomic mass is 16.2. The molecule has 2 aromatic heterocycles. The van der Waals surface area contributed by atoms with Gasteiger partial charge in [0.05, 0.1) is 40.7 Å². The first-order chi connectivity index (χ1) is 14.1. The Morgan fingerprint density at radius 3 is 2.72 bits per heavy atom. The van der Waals surface area contributed by atoms with Gasteiger partial charge in [-0.1, -0.05) is 12.1 Å². The average Bonchev–Trinajstić information content (AvgIpc) is 3.14. The number of benzene rings is 1. The molecule has 2 fully saturated rings. The van der Waals surface area contributed by atoms with Crippen LogP contribution in [0.1, 0.15) is 29.2 Å². The molecule has 2 amide bonds. The zero-order valence-electron chi connectivity index (χ0n) is 15.7. The number of hydrogen-bond acceptors (Lipinski definition) is 5. The zero-order valence-corrected chi connectivity index (χ0v) is 15.7. The van der Waals surface area contributed by atoms with Crippen LogP contribution >= 0.6 is 0 Å². The maximum absolute atomic E-state index is 12.8. The number of anilines is 1. The molecule has 1 aromatic carbocycles. The van der Waals surface area contributed by atoms with E-state index in [0.717, 1.165) is 6.42 Å². The molecule has 0 unspecified atom stereocenters. The minimum Gasteiger partial charge on any atom is -0.334 e. The van der Waals surface area contributed by atoms with Crippen molar-refractivity contribution < 1.29 is 9.59 Å². The molecule has 8 nitrogen and oxygen atoms in total. The van der Waals surface area contributed by atoms with E-state index < -0.39 is 0 Å². The predicted octanol–water partition coefficient (Wildman–Crippen LogP) is 1.62. The molecule has 2 saturated heterocycles. The summed E-state index contributed by atoms with van der Waals surface area (Å²) in [5.41, 5.74) is 1.68. The van der Waals surface area contributed by atoms with Crippen molar-refractivity contribution in [2.45, 2.75) is 18.9 Å². The second-order valence-corrected chi connectivity index (χ2v) is 7.42. The summed E-state index contributed by atoms with van der Waals surface area (Å²) in [4.78, 5) is 49.3. The van der Waals surface area contributed by atoms with Crippen molar-refractivity contribution in [1.29, 1.82) is 0 Å². The smallest absolute Gasteiger partial charge is 0.261 e. The van der Waals surface area contributed by atoms with Gasteiger partial charge >= 0.3 is 0 Å². The highest BCUT2D eigenvalue weighted by molar-refractivity contribution is 5.98. The summed E-state index contributed by atoms with van der Waals surface area (Å²) in [6.45, 7) is 1.53. The first kappa shape index (κ1) is 17.5. The van der Waals surface area contributed by atoms with Gasteiger partial charge in [-0.2, -0.15) is 0 Å². The molecule has 2 aliphatic rings. The average molecular weight is 389 g/mol. The van der Waals surface area contributed by atoms with E-state index in [1.807, 2.05) is 18.2 Å². The van der Waals surface area contributed by atoms with Crippen LogP contribution < -0.4 is 10.5 Å². The van der Waals surface area contributed by atoms with Gasteiger partial charge in [-0.3, -0.25) is 23.9 Å². The molecule has 3 aromatic rings. The number of carbonyl (C=O) groups is 2. The number of rotatable bonds is 3. The molecule has 146 valence electrons. The second kappa shape index (κ2) is 6.80. The van der Waals surface area contributed by atoms with Gasteiger partial charge in [0.25, 0.3) is 11.5 Å². The Labute approximate surface area is 166 Å². The molecule has 0 N–H and O–H groups in total. The summed E-state index contributed by atoms with van der Waals surface area (Å²) < 4.78 is 1.60. The van der Waals surface area contributed by atoms with Gasteiger partial charge < -0.3 is 9.80 Å². The SMILES string of the molecule is O=C(c1cncc(N2CCCC2=O)c1)N1CC(n2cnc3ccccc3c2=O)C1. The Bertz CT molecular complexity index is 1180. The van der Waals surface area contributed by atoms with E-state index in [0.29, 0.717) is 48.2 Å². The third-order valence-corrected chi connectivity index (χ3v) is 5.59. The van der Waals surface area contributed by atoms with E-state index in [2.05, 4.69) is 9.97 Å². The van der Waals surface area contributed by atoms with Crippen LogP contribution in [0.3, 0.4) is 0 Å². The van der Waals surface area contributed by atoms with E-state index >= 15 is 0 Å². The van der Waals surface area contributed by atoms with Crippen molar-refractivity contribution in [3.63, 3.8) is 0 Å². The molecule has 0 spiro atoms. The van der Waals surface area contributed by atoms with Crippen LogP contribution in [0.15, 0.2) is 53.8 Å². The molecule has 0 aliphatic carbocycles. The molecule has 2 aliphatic heterocycles. The number of nitrogens with zero attached hydrogens (tertiary/aromatic N) is 5. The quantitative estimate of drug-likeness (QED) is 0.679. The summed E-state index contributed by atoms with van der Waals surface area (Å²) in [6.07, 6.45) is 6.03. The topological polar surface area (TPSA) is 88.4 Å². The van der Waals surface area contributed by atoms with Crippen LogP contribution in [0.5, 0.6) is 0 Å². The summed E-state index contributed by atoms with van der Waals surface area (Å²) in [5.74, 6) is -0.0902. The van der Waals surface area contributed by atoms with Crippen molar-refractivity contribution in [3.8, 4) is 0 Å². The molecule has 4 heterocycles. The Morgan fingerprint density at radius 1 is 1.10 bits per heavy atom. The fraction of sp³-hybridized carbons (Fsp3) is 0.286. The van der Waals surface area contributed by atoms with Crippen LogP contribution in [0.4, 0.5) is 5.69 Å². The van der Waals surface area contributed by atoms with Gasteiger partial charge in [-0.05, 0) is 24.6 Å². The Morgan fingerprint density at radius 2 is 1.93 bits per heavy atom. The Balaban J connectivity index is 1.32. The maximum atomic E-state index is 12.8. The van der Waals surface area contributed by atoms with E-state index in [1.54, 1.807) is 39.0 Å². The number of carbonyl (C=O) groups excluding carboxylic acids is 2. The highest BCUT2D eigenvalue weighted by Gasteiger charge is 2.34. The first-order valence-electron chi connectivity index (χ1n) is 9.62.